The summed E-state index contributed by atoms with van der Waals surface area (Å²) in [6, 6.07) is 11.6. The van der Waals surface area contributed by atoms with Crippen molar-refractivity contribution in [3.05, 3.63) is 70.8 Å². The summed E-state index contributed by atoms with van der Waals surface area (Å²) < 4.78 is 40.8. The second kappa shape index (κ2) is 16.4. The van der Waals surface area contributed by atoms with Crippen LogP contribution in [0.2, 0.25) is 0 Å². The number of rotatable bonds is 15. The van der Waals surface area contributed by atoms with Crippen molar-refractivity contribution in [2.75, 3.05) is 0 Å². The molecule has 214 valence electrons. The quantitative estimate of drug-likeness (QED) is 0.0906. The van der Waals surface area contributed by atoms with E-state index in [9.17, 15) is 27.9 Å². The zero-order valence-electron chi connectivity index (χ0n) is 22.4. The third kappa shape index (κ3) is 11.8. The van der Waals surface area contributed by atoms with Crippen LogP contribution in [0, 0.1) is 5.41 Å². The molecule has 0 fully saturated rings. The van der Waals surface area contributed by atoms with Crippen molar-refractivity contribution in [3.63, 3.8) is 0 Å². The standard InChI is InChI=1S/C29H38F3N3O4/c1-2-3-4-5-6-7-8-9-13-16-26(33)34-39-27(36)24-19-23(17-18-25(24)29(30,31)32)21-35(28(37)38)20-22-14-11-10-12-15-22/h10-12,14-15,17-19H,2-9,13,16,20-21H2,1H3,(H2,33,34)(H,37,38). The maximum atomic E-state index is 13.6. The van der Waals surface area contributed by atoms with Crippen LogP contribution in [0.4, 0.5) is 18.0 Å². The average molecular weight is 550 g/mol. The van der Waals surface area contributed by atoms with Crippen LogP contribution in [0.3, 0.4) is 0 Å². The first kappa shape index (κ1) is 31.7. The second-order valence-electron chi connectivity index (χ2n) is 9.55. The summed E-state index contributed by atoms with van der Waals surface area (Å²) in [7, 11) is 0. The molecule has 2 aromatic rings. The average Bonchev–Trinajstić information content (AvgIpc) is 2.90. The van der Waals surface area contributed by atoms with Gasteiger partial charge in [0.05, 0.1) is 11.1 Å². The highest BCUT2D eigenvalue weighted by molar-refractivity contribution is 5.92. The fourth-order valence-corrected chi connectivity index (χ4v) is 4.15. The van der Waals surface area contributed by atoms with E-state index in [1.54, 1.807) is 30.3 Å². The molecule has 7 nitrogen and oxygen atoms in total. The molecule has 0 saturated carbocycles. The van der Waals surface area contributed by atoms with E-state index in [-0.39, 0.29) is 24.5 Å². The maximum Gasteiger partial charge on any atom is 0.417 e. The SMILES string of the molecule is CCCCCCCCCCCC(=N)NOC(=O)c1cc(CN(Cc2ccccc2)C(=O)O)ccc1C(F)(F)F. The van der Waals surface area contributed by atoms with Crippen LogP contribution < -0.4 is 5.48 Å². The van der Waals surface area contributed by atoms with E-state index in [0.29, 0.717) is 18.4 Å². The van der Waals surface area contributed by atoms with E-state index < -0.39 is 29.4 Å². The van der Waals surface area contributed by atoms with Gasteiger partial charge in [0.15, 0.2) is 0 Å². The fraction of sp³-hybridized carbons (Fsp3) is 0.483. The van der Waals surface area contributed by atoms with Crippen LogP contribution >= 0.6 is 0 Å². The van der Waals surface area contributed by atoms with Crippen molar-refractivity contribution in [1.29, 1.82) is 5.41 Å². The Bertz CT molecular complexity index is 1060. The highest BCUT2D eigenvalue weighted by Crippen LogP contribution is 2.33. The minimum absolute atomic E-state index is 0.0224. The Labute approximate surface area is 227 Å². The summed E-state index contributed by atoms with van der Waals surface area (Å²) in [6.07, 6.45) is 4.13. The number of hydrogen-bond acceptors (Lipinski definition) is 4. The van der Waals surface area contributed by atoms with Gasteiger partial charge in [-0.1, -0.05) is 94.7 Å². The fourth-order valence-electron chi connectivity index (χ4n) is 4.15. The highest BCUT2D eigenvalue weighted by Gasteiger charge is 2.36. The first-order valence-corrected chi connectivity index (χ1v) is 13.4. The molecule has 0 aliphatic carbocycles. The van der Waals surface area contributed by atoms with Crippen LogP contribution in [-0.4, -0.2) is 27.9 Å². The molecule has 0 atom stereocenters. The molecule has 0 radical (unpaired) electrons. The molecular weight excluding hydrogens is 511 g/mol. The Kier molecular flexibility index (Phi) is 13.3. The molecule has 0 aliphatic heterocycles. The monoisotopic (exact) mass is 549 g/mol. The summed E-state index contributed by atoms with van der Waals surface area (Å²) in [5, 5.41) is 17.5. The third-order valence-corrected chi connectivity index (χ3v) is 6.27. The van der Waals surface area contributed by atoms with E-state index >= 15 is 0 Å². The normalized spacial score (nSPS) is 11.2. The third-order valence-electron chi connectivity index (χ3n) is 6.27. The van der Waals surface area contributed by atoms with Crippen molar-refractivity contribution >= 4 is 17.9 Å². The number of hydroxylamine groups is 1. The lowest BCUT2D eigenvalue weighted by atomic mass is 10.0. The van der Waals surface area contributed by atoms with E-state index in [2.05, 4.69) is 12.4 Å². The molecule has 0 aromatic heterocycles. The van der Waals surface area contributed by atoms with Gasteiger partial charge in [0.2, 0.25) is 0 Å². The first-order chi connectivity index (χ1) is 18.6. The summed E-state index contributed by atoms with van der Waals surface area (Å²) in [4.78, 5) is 30.2. The van der Waals surface area contributed by atoms with Crippen LogP contribution in [0.25, 0.3) is 0 Å². The number of amidine groups is 1. The van der Waals surface area contributed by atoms with Crippen molar-refractivity contribution in [2.24, 2.45) is 0 Å². The predicted molar refractivity (Wildman–Crippen MR) is 143 cm³/mol. The van der Waals surface area contributed by atoms with Crippen LogP contribution in [0.5, 0.6) is 0 Å². The van der Waals surface area contributed by atoms with Crippen LogP contribution in [0.15, 0.2) is 48.5 Å². The van der Waals surface area contributed by atoms with E-state index in [0.717, 1.165) is 42.4 Å². The van der Waals surface area contributed by atoms with Gasteiger partial charge in [-0.2, -0.15) is 13.2 Å². The Morgan fingerprint density at radius 1 is 0.897 bits per heavy atom. The smallest absolute Gasteiger partial charge is 0.417 e. The Morgan fingerprint density at radius 2 is 1.49 bits per heavy atom. The van der Waals surface area contributed by atoms with Crippen molar-refractivity contribution in [1.82, 2.24) is 10.4 Å². The minimum atomic E-state index is -4.83. The van der Waals surface area contributed by atoms with Gasteiger partial charge in [-0.05, 0) is 29.7 Å². The maximum absolute atomic E-state index is 13.6. The number of halogens is 3. The van der Waals surface area contributed by atoms with Crippen LogP contribution in [0.1, 0.15) is 98.2 Å². The molecule has 2 rings (SSSR count). The number of carboxylic acid groups (broad SMARTS) is 1. The molecular formula is C29H38F3N3O4. The topological polar surface area (TPSA) is 103 Å². The lowest BCUT2D eigenvalue weighted by Crippen LogP contribution is -2.29. The highest BCUT2D eigenvalue weighted by atomic mass is 19.4. The van der Waals surface area contributed by atoms with E-state index in [4.69, 9.17) is 10.2 Å². The van der Waals surface area contributed by atoms with E-state index in [1.165, 1.54) is 32.1 Å². The van der Waals surface area contributed by atoms with Gasteiger partial charge < -0.3 is 9.94 Å². The number of carbonyl (C=O) groups excluding carboxylic acids is 1. The lowest BCUT2D eigenvalue weighted by Gasteiger charge is -2.20. The minimum Gasteiger partial charge on any atom is -0.465 e. The molecule has 0 saturated heterocycles. The van der Waals surface area contributed by atoms with Gasteiger partial charge in [0.1, 0.15) is 5.84 Å². The van der Waals surface area contributed by atoms with Gasteiger partial charge in [-0.3, -0.25) is 10.3 Å². The molecule has 0 bridgehead atoms. The largest absolute Gasteiger partial charge is 0.465 e. The number of unbranched alkanes of at least 4 members (excludes halogenated alkanes) is 8. The molecule has 0 unspecified atom stereocenters. The van der Waals surface area contributed by atoms with Crippen LogP contribution in [-0.2, 0) is 24.1 Å². The number of nitrogens with one attached hydrogen (secondary N) is 2. The Morgan fingerprint density at radius 3 is 2.08 bits per heavy atom. The Balaban J connectivity index is 1.94. The number of nitrogens with zero attached hydrogens (tertiary/aromatic N) is 1. The molecule has 3 N–H and O–H groups in total. The Hall–Kier alpha value is -3.56. The number of amides is 1. The van der Waals surface area contributed by atoms with Crippen molar-refractivity contribution in [2.45, 2.75) is 90.4 Å². The van der Waals surface area contributed by atoms with Gasteiger partial charge in [-0.15, -0.1) is 0 Å². The zero-order valence-corrected chi connectivity index (χ0v) is 22.4. The van der Waals surface area contributed by atoms with Gasteiger partial charge in [0.25, 0.3) is 0 Å². The number of hydrogen-bond donors (Lipinski definition) is 3. The predicted octanol–water partition coefficient (Wildman–Crippen LogP) is 7.95. The molecule has 0 spiro atoms. The molecule has 1 amide bonds. The van der Waals surface area contributed by atoms with Gasteiger partial charge in [0, 0.05) is 19.5 Å². The lowest BCUT2D eigenvalue weighted by molar-refractivity contribution is -0.138. The number of alkyl halides is 3. The van der Waals surface area contributed by atoms with E-state index in [1.807, 2.05) is 0 Å². The molecule has 0 heterocycles. The van der Waals surface area contributed by atoms with Crippen molar-refractivity contribution in [3.8, 4) is 0 Å². The zero-order chi connectivity index (χ0) is 28.7. The summed E-state index contributed by atoms with van der Waals surface area (Å²) in [6.45, 7) is 1.97. The molecule has 0 aliphatic rings. The van der Waals surface area contributed by atoms with Crippen molar-refractivity contribution < 1.29 is 32.7 Å². The number of carbonyl (C=O) groups is 2. The summed E-state index contributed by atoms with van der Waals surface area (Å²) >= 11 is 0. The molecule has 10 heteroatoms. The molecule has 39 heavy (non-hydrogen) atoms. The second-order valence-corrected chi connectivity index (χ2v) is 9.55. The summed E-state index contributed by atoms with van der Waals surface area (Å²) in [5.41, 5.74) is 1.10. The summed E-state index contributed by atoms with van der Waals surface area (Å²) in [5.74, 6) is -1.40. The number of benzene rings is 2. The molecule has 2 aromatic carbocycles. The van der Waals surface area contributed by atoms with Gasteiger partial charge in [-0.25, -0.2) is 15.1 Å². The van der Waals surface area contributed by atoms with Gasteiger partial charge >= 0.3 is 18.2 Å². The first-order valence-electron chi connectivity index (χ1n) is 13.4.